The predicted octanol–water partition coefficient (Wildman–Crippen LogP) is 3.55. The largest absolute Gasteiger partial charge is 0.477 e. The lowest BCUT2D eigenvalue weighted by Crippen LogP contribution is -2.01. The van der Waals surface area contributed by atoms with Crippen LogP contribution in [0.1, 0.15) is 16.1 Å². The van der Waals surface area contributed by atoms with Crippen LogP contribution in [0.2, 0.25) is 10.0 Å². The second-order valence-electron chi connectivity index (χ2n) is 3.41. The van der Waals surface area contributed by atoms with Gasteiger partial charge in [-0.25, -0.2) is 9.78 Å². The molecule has 0 aliphatic rings. The predicted molar refractivity (Wildman–Crippen MR) is 63.5 cm³/mol. The number of carboxylic acid groups (broad SMARTS) is 1. The molecular weight excluding hydrogens is 249 g/mol. The Morgan fingerprint density at radius 2 is 2.00 bits per heavy atom. The molecule has 1 aromatic carbocycles. The van der Waals surface area contributed by atoms with Crippen molar-refractivity contribution in [2.24, 2.45) is 0 Å². The molecule has 16 heavy (non-hydrogen) atoms. The molecule has 0 aliphatic heterocycles. The van der Waals surface area contributed by atoms with Crippen LogP contribution in [-0.2, 0) is 0 Å². The topological polar surface area (TPSA) is 50.2 Å². The van der Waals surface area contributed by atoms with E-state index in [-0.39, 0.29) is 5.69 Å². The number of carbonyl (C=O) groups is 1. The van der Waals surface area contributed by atoms with Gasteiger partial charge in [0.15, 0.2) is 0 Å². The highest BCUT2D eigenvalue weighted by Crippen LogP contribution is 2.28. The number of hydrogen-bond donors (Lipinski definition) is 1. The summed E-state index contributed by atoms with van der Waals surface area (Å²) in [5.74, 6) is -1.07. The van der Waals surface area contributed by atoms with E-state index in [1.165, 1.54) is 6.07 Å². The van der Waals surface area contributed by atoms with Crippen molar-refractivity contribution >= 4 is 40.1 Å². The number of hydrogen-bond acceptors (Lipinski definition) is 2. The first-order chi connectivity index (χ1) is 7.49. The lowest BCUT2D eigenvalue weighted by Gasteiger charge is -2.05. The van der Waals surface area contributed by atoms with E-state index in [0.717, 1.165) is 10.9 Å². The fourth-order valence-corrected chi connectivity index (χ4v) is 2.06. The van der Waals surface area contributed by atoms with Crippen molar-refractivity contribution < 1.29 is 9.90 Å². The molecule has 3 nitrogen and oxygen atoms in total. The van der Waals surface area contributed by atoms with Gasteiger partial charge in [0.2, 0.25) is 0 Å². The summed E-state index contributed by atoms with van der Waals surface area (Å²) in [6.45, 7) is 1.79. The molecule has 1 N–H and O–H groups in total. The highest BCUT2D eigenvalue weighted by Gasteiger charge is 2.11. The van der Waals surface area contributed by atoms with Gasteiger partial charge in [-0.15, -0.1) is 0 Å². The zero-order valence-corrected chi connectivity index (χ0v) is 9.80. The average Bonchev–Trinajstić information content (AvgIpc) is 2.19. The van der Waals surface area contributed by atoms with Gasteiger partial charge < -0.3 is 5.11 Å². The number of fused-ring (bicyclic) bond motifs is 1. The summed E-state index contributed by atoms with van der Waals surface area (Å²) in [6, 6.07) is 4.76. The second kappa shape index (κ2) is 3.92. The zero-order chi connectivity index (χ0) is 11.9. The molecule has 1 aromatic heterocycles. The van der Waals surface area contributed by atoms with E-state index >= 15 is 0 Å². The first-order valence-electron chi connectivity index (χ1n) is 4.48. The normalized spacial score (nSPS) is 10.7. The Bertz CT molecular complexity index is 596. The van der Waals surface area contributed by atoms with Crippen LogP contribution in [0.3, 0.4) is 0 Å². The summed E-state index contributed by atoms with van der Waals surface area (Å²) in [6.07, 6.45) is 0. The standard InChI is InChI=1S/C11H7Cl2NO2/c1-5-2-9(11(15)16)14-10-7(5)3-6(12)4-8(10)13/h2-4H,1H3,(H,15,16). The van der Waals surface area contributed by atoms with E-state index in [0.29, 0.717) is 15.6 Å². The van der Waals surface area contributed by atoms with Crippen LogP contribution in [0.4, 0.5) is 0 Å². The van der Waals surface area contributed by atoms with Crippen LogP contribution in [-0.4, -0.2) is 16.1 Å². The number of aromatic carboxylic acids is 1. The van der Waals surface area contributed by atoms with Gasteiger partial charge >= 0.3 is 5.97 Å². The maximum absolute atomic E-state index is 10.8. The van der Waals surface area contributed by atoms with E-state index in [1.54, 1.807) is 19.1 Å². The Labute approximate surface area is 102 Å². The molecule has 0 fully saturated rings. The number of aromatic nitrogens is 1. The molecule has 2 rings (SSSR count). The van der Waals surface area contributed by atoms with Crippen molar-refractivity contribution in [2.75, 3.05) is 0 Å². The highest BCUT2D eigenvalue weighted by molar-refractivity contribution is 6.38. The molecule has 0 bridgehead atoms. The summed E-state index contributed by atoms with van der Waals surface area (Å²) in [5, 5.41) is 10.5. The van der Waals surface area contributed by atoms with Crippen molar-refractivity contribution in [3.8, 4) is 0 Å². The summed E-state index contributed by atoms with van der Waals surface area (Å²) < 4.78 is 0. The lowest BCUT2D eigenvalue weighted by molar-refractivity contribution is 0.0691. The van der Waals surface area contributed by atoms with E-state index < -0.39 is 5.97 Å². The number of benzene rings is 1. The highest BCUT2D eigenvalue weighted by atomic mass is 35.5. The average molecular weight is 256 g/mol. The summed E-state index contributed by atoms with van der Waals surface area (Å²) in [7, 11) is 0. The van der Waals surface area contributed by atoms with Crippen LogP contribution < -0.4 is 0 Å². The number of carboxylic acids is 1. The Hall–Kier alpha value is -1.32. The second-order valence-corrected chi connectivity index (χ2v) is 4.26. The Morgan fingerprint density at radius 3 is 2.62 bits per heavy atom. The van der Waals surface area contributed by atoms with Gasteiger partial charge in [-0.1, -0.05) is 23.2 Å². The number of nitrogens with zero attached hydrogens (tertiary/aromatic N) is 1. The van der Waals surface area contributed by atoms with Crippen LogP contribution in [0.5, 0.6) is 0 Å². The van der Waals surface area contributed by atoms with Crippen molar-refractivity contribution in [2.45, 2.75) is 6.92 Å². The third-order valence-electron chi connectivity index (χ3n) is 2.26. The molecule has 0 radical (unpaired) electrons. The smallest absolute Gasteiger partial charge is 0.354 e. The molecule has 0 unspecified atom stereocenters. The third-order valence-corrected chi connectivity index (χ3v) is 2.76. The van der Waals surface area contributed by atoms with Crippen LogP contribution in [0, 0.1) is 6.92 Å². The van der Waals surface area contributed by atoms with Gasteiger partial charge in [0.1, 0.15) is 5.69 Å². The number of aryl methyl sites for hydroxylation is 1. The first kappa shape index (κ1) is 11.2. The van der Waals surface area contributed by atoms with Crippen molar-refractivity contribution in [1.29, 1.82) is 0 Å². The van der Waals surface area contributed by atoms with E-state index in [2.05, 4.69) is 4.98 Å². The summed E-state index contributed by atoms with van der Waals surface area (Å²) >= 11 is 11.8. The van der Waals surface area contributed by atoms with Gasteiger partial charge in [-0.2, -0.15) is 0 Å². The fourth-order valence-electron chi connectivity index (χ4n) is 1.53. The SMILES string of the molecule is Cc1cc(C(=O)O)nc2c(Cl)cc(Cl)cc12. The molecule has 5 heteroatoms. The number of rotatable bonds is 1. The van der Waals surface area contributed by atoms with Gasteiger partial charge in [0.25, 0.3) is 0 Å². The van der Waals surface area contributed by atoms with E-state index in [4.69, 9.17) is 28.3 Å². The van der Waals surface area contributed by atoms with Crippen LogP contribution >= 0.6 is 23.2 Å². The van der Waals surface area contributed by atoms with Crippen molar-refractivity contribution in [1.82, 2.24) is 4.98 Å². The molecule has 1 heterocycles. The maximum atomic E-state index is 10.8. The van der Waals surface area contributed by atoms with Gasteiger partial charge in [0, 0.05) is 10.4 Å². The Morgan fingerprint density at radius 1 is 1.31 bits per heavy atom. The van der Waals surface area contributed by atoms with Crippen molar-refractivity contribution in [3.05, 3.63) is 39.5 Å². The van der Waals surface area contributed by atoms with E-state index in [9.17, 15) is 4.79 Å². The molecule has 0 saturated heterocycles. The minimum Gasteiger partial charge on any atom is -0.477 e. The fraction of sp³-hybridized carbons (Fsp3) is 0.0909. The molecule has 2 aromatic rings. The van der Waals surface area contributed by atoms with Gasteiger partial charge in [0.05, 0.1) is 10.5 Å². The van der Waals surface area contributed by atoms with Crippen LogP contribution in [0.25, 0.3) is 10.9 Å². The summed E-state index contributed by atoms with van der Waals surface area (Å²) in [5.41, 5.74) is 1.23. The maximum Gasteiger partial charge on any atom is 0.354 e. The monoisotopic (exact) mass is 255 g/mol. The number of halogens is 2. The lowest BCUT2D eigenvalue weighted by atomic mass is 10.1. The molecule has 0 atom stereocenters. The molecular formula is C11H7Cl2NO2. The van der Waals surface area contributed by atoms with Gasteiger partial charge in [-0.05, 0) is 30.7 Å². The minimum absolute atomic E-state index is 0.0192. The van der Waals surface area contributed by atoms with Crippen molar-refractivity contribution in [3.63, 3.8) is 0 Å². The number of pyridine rings is 1. The first-order valence-corrected chi connectivity index (χ1v) is 5.24. The Balaban J connectivity index is 2.87. The van der Waals surface area contributed by atoms with E-state index in [1.807, 2.05) is 0 Å². The molecule has 0 amide bonds. The minimum atomic E-state index is -1.07. The third kappa shape index (κ3) is 1.84. The summed E-state index contributed by atoms with van der Waals surface area (Å²) in [4.78, 5) is 14.8. The van der Waals surface area contributed by atoms with Crippen LogP contribution in [0.15, 0.2) is 18.2 Å². The Kier molecular flexibility index (Phi) is 2.74. The molecule has 0 spiro atoms. The quantitative estimate of drug-likeness (QED) is 0.848. The molecule has 0 saturated carbocycles. The molecule has 82 valence electrons. The van der Waals surface area contributed by atoms with Gasteiger partial charge in [-0.3, -0.25) is 0 Å². The molecule has 0 aliphatic carbocycles. The zero-order valence-electron chi connectivity index (χ0n) is 8.29.